The van der Waals surface area contributed by atoms with Crippen LogP contribution in [0.15, 0.2) is 12.1 Å². The quantitative estimate of drug-likeness (QED) is 0.798. The van der Waals surface area contributed by atoms with Crippen molar-refractivity contribution >= 4 is 0 Å². The van der Waals surface area contributed by atoms with Crippen LogP contribution in [0.5, 0.6) is 5.75 Å². The molecule has 0 heterocycles. The molecule has 0 saturated heterocycles. The van der Waals surface area contributed by atoms with E-state index in [9.17, 15) is 8.78 Å². The Balaban J connectivity index is 3.20. The van der Waals surface area contributed by atoms with E-state index < -0.39 is 17.7 Å². The summed E-state index contributed by atoms with van der Waals surface area (Å²) in [6.07, 6.45) is 0. The number of nitrogens with two attached hydrogens (primary N) is 2. The molecule has 0 aliphatic heterocycles. The molecule has 0 bridgehead atoms. The average molecular weight is 216 g/mol. The Labute approximate surface area is 87.0 Å². The summed E-state index contributed by atoms with van der Waals surface area (Å²) >= 11 is 0. The van der Waals surface area contributed by atoms with Crippen LogP contribution < -0.4 is 16.2 Å². The average Bonchev–Trinajstić information content (AvgIpc) is 2.20. The zero-order chi connectivity index (χ0) is 11.4. The van der Waals surface area contributed by atoms with E-state index in [1.165, 1.54) is 0 Å². The van der Waals surface area contributed by atoms with Gasteiger partial charge >= 0.3 is 0 Å². The second-order valence-electron chi connectivity index (χ2n) is 3.08. The van der Waals surface area contributed by atoms with Gasteiger partial charge in [-0.1, -0.05) is 0 Å². The Morgan fingerprint density at radius 3 is 2.60 bits per heavy atom. The van der Waals surface area contributed by atoms with Crippen molar-refractivity contribution in [1.29, 1.82) is 0 Å². The van der Waals surface area contributed by atoms with Crippen LogP contribution in [0.3, 0.4) is 0 Å². The highest BCUT2D eigenvalue weighted by Gasteiger charge is 2.16. The monoisotopic (exact) mass is 216 g/mol. The van der Waals surface area contributed by atoms with Gasteiger partial charge in [0.25, 0.3) is 0 Å². The zero-order valence-electron chi connectivity index (χ0n) is 8.47. The highest BCUT2D eigenvalue weighted by molar-refractivity contribution is 5.38. The molecule has 1 aromatic carbocycles. The highest BCUT2D eigenvalue weighted by Crippen LogP contribution is 2.28. The molecule has 0 radical (unpaired) electrons. The van der Waals surface area contributed by atoms with E-state index >= 15 is 0 Å². The van der Waals surface area contributed by atoms with Gasteiger partial charge in [-0.3, -0.25) is 0 Å². The van der Waals surface area contributed by atoms with Gasteiger partial charge in [0.1, 0.15) is 5.82 Å². The van der Waals surface area contributed by atoms with Gasteiger partial charge in [-0.05, 0) is 13.0 Å². The highest BCUT2D eigenvalue weighted by atomic mass is 19.1. The number of benzene rings is 1. The summed E-state index contributed by atoms with van der Waals surface area (Å²) in [5.74, 6) is -1.46. The van der Waals surface area contributed by atoms with Gasteiger partial charge in [0, 0.05) is 24.2 Å². The van der Waals surface area contributed by atoms with Gasteiger partial charge in [-0.25, -0.2) is 8.78 Å². The zero-order valence-corrected chi connectivity index (χ0v) is 8.47. The van der Waals surface area contributed by atoms with E-state index in [1.807, 2.05) is 0 Å². The van der Waals surface area contributed by atoms with Crippen LogP contribution in [0.25, 0.3) is 0 Å². The third-order valence-electron chi connectivity index (χ3n) is 1.98. The molecule has 1 rings (SSSR count). The number of hydrogen-bond acceptors (Lipinski definition) is 3. The predicted octanol–water partition coefficient (Wildman–Crippen LogP) is 1.32. The Morgan fingerprint density at radius 2 is 2.07 bits per heavy atom. The minimum atomic E-state index is -0.754. The van der Waals surface area contributed by atoms with Gasteiger partial charge < -0.3 is 16.2 Å². The smallest absolute Gasteiger partial charge is 0.168 e. The minimum absolute atomic E-state index is 0.0168. The first-order valence-electron chi connectivity index (χ1n) is 4.67. The van der Waals surface area contributed by atoms with Crippen molar-refractivity contribution in [3.63, 3.8) is 0 Å². The van der Waals surface area contributed by atoms with Crippen LogP contribution in [-0.2, 0) is 0 Å². The van der Waals surface area contributed by atoms with E-state index in [2.05, 4.69) is 0 Å². The maximum absolute atomic E-state index is 13.3. The summed E-state index contributed by atoms with van der Waals surface area (Å²) in [4.78, 5) is 0. The molecule has 3 nitrogen and oxygen atoms in total. The SMILES string of the molecule is CCOc1c(F)cc(F)cc1C(N)CN. The molecule has 5 heteroatoms. The van der Waals surface area contributed by atoms with Crippen LogP contribution in [0.2, 0.25) is 0 Å². The fourth-order valence-electron chi connectivity index (χ4n) is 1.28. The lowest BCUT2D eigenvalue weighted by Crippen LogP contribution is -2.22. The van der Waals surface area contributed by atoms with Crippen molar-refractivity contribution < 1.29 is 13.5 Å². The molecule has 0 aliphatic rings. The summed E-state index contributed by atoms with van der Waals surface area (Å²) in [6.45, 7) is 2.09. The van der Waals surface area contributed by atoms with Crippen molar-refractivity contribution in [3.05, 3.63) is 29.3 Å². The Hall–Kier alpha value is -1.20. The van der Waals surface area contributed by atoms with E-state index in [4.69, 9.17) is 16.2 Å². The van der Waals surface area contributed by atoms with E-state index in [0.717, 1.165) is 12.1 Å². The molecule has 1 unspecified atom stereocenters. The fraction of sp³-hybridized carbons (Fsp3) is 0.400. The molecule has 0 amide bonds. The largest absolute Gasteiger partial charge is 0.490 e. The van der Waals surface area contributed by atoms with E-state index in [1.54, 1.807) is 6.92 Å². The van der Waals surface area contributed by atoms with Gasteiger partial charge in [0.15, 0.2) is 11.6 Å². The van der Waals surface area contributed by atoms with Gasteiger partial charge in [0.2, 0.25) is 0 Å². The molecule has 15 heavy (non-hydrogen) atoms. The summed E-state index contributed by atoms with van der Waals surface area (Å²) < 4.78 is 31.4. The lowest BCUT2D eigenvalue weighted by Gasteiger charge is -2.15. The summed E-state index contributed by atoms with van der Waals surface area (Å²) in [6, 6.07) is 1.28. The first kappa shape index (κ1) is 11.9. The summed E-state index contributed by atoms with van der Waals surface area (Å²) in [5, 5.41) is 0. The minimum Gasteiger partial charge on any atom is -0.490 e. The molecule has 1 atom stereocenters. The van der Waals surface area contributed by atoms with Crippen LogP contribution >= 0.6 is 0 Å². The fourth-order valence-corrected chi connectivity index (χ4v) is 1.28. The first-order valence-corrected chi connectivity index (χ1v) is 4.67. The standard InChI is InChI=1S/C10H14F2N2O/c1-2-15-10-7(9(14)5-13)3-6(11)4-8(10)12/h3-4,9H,2,5,13-14H2,1H3. The van der Waals surface area contributed by atoms with Crippen molar-refractivity contribution in [2.45, 2.75) is 13.0 Å². The van der Waals surface area contributed by atoms with Crippen LogP contribution in [0.1, 0.15) is 18.5 Å². The van der Waals surface area contributed by atoms with Crippen LogP contribution in [-0.4, -0.2) is 13.2 Å². The van der Waals surface area contributed by atoms with Crippen LogP contribution in [0, 0.1) is 11.6 Å². The Morgan fingerprint density at radius 1 is 1.40 bits per heavy atom. The second kappa shape index (κ2) is 5.04. The number of hydrogen-bond donors (Lipinski definition) is 2. The molecule has 84 valence electrons. The van der Waals surface area contributed by atoms with E-state index in [0.29, 0.717) is 0 Å². The molecule has 1 aromatic rings. The molecule has 0 fully saturated rings. The predicted molar refractivity (Wildman–Crippen MR) is 53.5 cm³/mol. The maximum atomic E-state index is 13.3. The van der Waals surface area contributed by atoms with Crippen LogP contribution in [0.4, 0.5) is 8.78 Å². The molecular weight excluding hydrogens is 202 g/mol. The van der Waals surface area contributed by atoms with Gasteiger partial charge in [-0.2, -0.15) is 0 Å². The van der Waals surface area contributed by atoms with Gasteiger partial charge in [0.05, 0.1) is 6.61 Å². The molecule has 0 aromatic heterocycles. The third kappa shape index (κ3) is 2.64. The second-order valence-corrected chi connectivity index (χ2v) is 3.08. The van der Waals surface area contributed by atoms with E-state index in [-0.39, 0.29) is 24.5 Å². The number of rotatable bonds is 4. The van der Waals surface area contributed by atoms with Crippen molar-refractivity contribution in [3.8, 4) is 5.75 Å². The topological polar surface area (TPSA) is 61.3 Å². The number of halogens is 2. The Kier molecular flexibility index (Phi) is 3.99. The van der Waals surface area contributed by atoms with Crippen molar-refractivity contribution in [1.82, 2.24) is 0 Å². The Bertz CT molecular complexity index is 344. The molecular formula is C10H14F2N2O. The molecule has 0 saturated carbocycles. The van der Waals surface area contributed by atoms with Gasteiger partial charge in [-0.15, -0.1) is 0 Å². The maximum Gasteiger partial charge on any atom is 0.168 e. The van der Waals surface area contributed by atoms with Crippen molar-refractivity contribution in [2.24, 2.45) is 11.5 Å². The first-order chi connectivity index (χ1) is 7.10. The normalized spacial score (nSPS) is 12.6. The molecule has 4 N–H and O–H groups in total. The third-order valence-corrected chi connectivity index (χ3v) is 1.98. The number of ether oxygens (including phenoxy) is 1. The molecule has 0 spiro atoms. The lowest BCUT2D eigenvalue weighted by molar-refractivity contribution is 0.314. The molecule has 0 aliphatic carbocycles. The summed E-state index contributed by atoms with van der Waals surface area (Å²) in [7, 11) is 0. The summed E-state index contributed by atoms with van der Waals surface area (Å²) in [5.41, 5.74) is 11.2. The van der Waals surface area contributed by atoms with Crippen molar-refractivity contribution in [2.75, 3.05) is 13.2 Å². The lowest BCUT2D eigenvalue weighted by atomic mass is 10.1.